The van der Waals surface area contributed by atoms with Crippen molar-refractivity contribution in [1.29, 1.82) is 0 Å². The summed E-state index contributed by atoms with van der Waals surface area (Å²) < 4.78 is 2.02. The normalized spacial score (nSPS) is 12.2. The molecule has 146 valence electrons. The molecule has 1 aromatic heterocycles. The number of fused-ring (bicyclic) bond motifs is 1. The van der Waals surface area contributed by atoms with Gasteiger partial charge >= 0.3 is 5.97 Å². The van der Waals surface area contributed by atoms with Gasteiger partial charge in [-0.25, -0.2) is 4.98 Å². The van der Waals surface area contributed by atoms with Crippen molar-refractivity contribution in [2.45, 2.75) is 26.4 Å². The van der Waals surface area contributed by atoms with Crippen molar-refractivity contribution in [3.8, 4) is 5.69 Å². The number of rotatable bonds is 8. The van der Waals surface area contributed by atoms with Crippen molar-refractivity contribution >= 4 is 22.9 Å². The molecule has 1 amide bonds. The minimum absolute atomic E-state index is 0.125. The second kappa shape index (κ2) is 8.67. The number of nitrogens with one attached hydrogen (secondary N) is 1. The van der Waals surface area contributed by atoms with Crippen molar-refractivity contribution in [2.75, 3.05) is 13.1 Å². The third-order valence-corrected chi connectivity index (χ3v) is 4.73. The summed E-state index contributed by atoms with van der Waals surface area (Å²) in [6.45, 7) is 4.45. The van der Waals surface area contributed by atoms with Crippen LogP contribution in [0.2, 0.25) is 0 Å². The number of nitrogens with zero attached hydrogens (tertiary/aromatic N) is 3. The molecule has 3 aromatic rings. The van der Waals surface area contributed by atoms with Crippen molar-refractivity contribution in [1.82, 2.24) is 19.8 Å². The van der Waals surface area contributed by atoms with E-state index in [-0.39, 0.29) is 5.91 Å². The number of hydrogen-bond acceptors (Lipinski definition) is 4. The number of imidazole rings is 1. The van der Waals surface area contributed by atoms with Gasteiger partial charge in [0.1, 0.15) is 12.4 Å². The highest BCUT2D eigenvalue weighted by Gasteiger charge is 2.20. The summed E-state index contributed by atoms with van der Waals surface area (Å²) in [7, 11) is 0. The first-order chi connectivity index (χ1) is 13.5. The van der Waals surface area contributed by atoms with E-state index in [0.29, 0.717) is 19.6 Å². The van der Waals surface area contributed by atoms with Crippen LogP contribution in [0.25, 0.3) is 16.7 Å². The minimum Gasteiger partial charge on any atom is -0.480 e. The van der Waals surface area contributed by atoms with Crippen molar-refractivity contribution in [2.24, 2.45) is 0 Å². The molecule has 1 atom stereocenters. The number of amides is 1. The lowest BCUT2D eigenvalue weighted by molar-refractivity contribution is -0.142. The van der Waals surface area contributed by atoms with E-state index in [1.807, 2.05) is 58.0 Å². The second-order valence-corrected chi connectivity index (χ2v) is 6.74. The molecule has 0 aliphatic rings. The molecule has 3 rings (SSSR count). The van der Waals surface area contributed by atoms with Crippen LogP contribution >= 0.6 is 0 Å². The summed E-state index contributed by atoms with van der Waals surface area (Å²) in [6, 6.07) is 15.3. The van der Waals surface area contributed by atoms with E-state index in [1.54, 1.807) is 13.3 Å². The van der Waals surface area contributed by atoms with Gasteiger partial charge in [0.2, 0.25) is 5.91 Å². The predicted octanol–water partition coefficient (Wildman–Crippen LogP) is 2.44. The molecule has 1 unspecified atom stereocenters. The zero-order valence-corrected chi connectivity index (χ0v) is 16.0. The third kappa shape index (κ3) is 4.55. The number of benzene rings is 2. The van der Waals surface area contributed by atoms with Crippen LogP contribution in [0.4, 0.5) is 0 Å². The Labute approximate surface area is 163 Å². The van der Waals surface area contributed by atoms with Crippen LogP contribution in [0, 0.1) is 0 Å². The number of carbonyl (C=O) groups excluding carboxylic acids is 1. The lowest BCUT2D eigenvalue weighted by Crippen LogP contribution is -2.42. The number of carboxylic acids is 1. The number of aliphatic carboxylic acids is 1. The molecule has 28 heavy (non-hydrogen) atoms. The lowest BCUT2D eigenvalue weighted by Gasteiger charge is -2.26. The Hall–Kier alpha value is -3.19. The Kier molecular flexibility index (Phi) is 6.06. The summed E-state index contributed by atoms with van der Waals surface area (Å²) in [5.74, 6) is -1.01. The average molecular weight is 380 g/mol. The molecule has 7 nitrogen and oxygen atoms in total. The SMILES string of the molecule is CC(=O)NCCN(Cc1ccc(-n2cnc3ccccc32)cc1)C(C)C(=O)O. The van der Waals surface area contributed by atoms with Crippen LogP contribution in [-0.2, 0) is 16.1 Å². The van der Waals surface area contributed by atoms with Crippen molar-refractivity contribution < 1.29 is 14.7 Å². The Bertz CT molecular complexity index is 965. The first kappa shape index (κ1) is 19.6. The van der Waals surface area contributed by atoms with E-state index in [0.717, 1.165) is 22.3 Å². The monoisotopic (exact) mass is 380 g/mol. The molecule has 0 aliphatic heterocycles. The first-order valence-electron chi connectivity index (χ1n) is 9.18. The smallest absolute Gasteiger partial charge is 0.320 e. The Morgan fingerprint density at radius 1 is 1.18 bits per heavy atom. The highest BCUT2D eigenvalue weighted by molar-refractivity contribution is 5.77. The van der Waals surface area contributed by atoms with Crippen molar-refractivity contribution in [3.63, 3.8) is 0 Å². The Morgan fingerprint density at radius 3 is 2.57 bits per heavy atom. The topological polar surface area (TPSA) is 87.5 Å². The van der Waals surface area contributed by atoms with Crippen LogP contribution in [0.3, 0.4) is 0 Å². The molecule has 2 aromatic carbocycles. The zero-order valence-electron chi connectivity index (χ0n) is 16.0. The maximum Gasteiger partial charge on any atom is 0.320 e. The van der Waals surface area contributed by atoms with Crippen LogP contribution in [0.15, 0.2) is 54.9 Å². The quantitative estimate of drug-likeness (QED) is 0.627. The van der Waals surface area contributed by atoms with E-state index < -0.39 is 12.0 Å². The first-order valence-corrected chi connectivity index (χ1v) is 9.18. The summed E-state index contributed by atoms with van der Waals surface area (Å²) >= 11 is 0. The second-order valence-electron chi connectivity index (χ2n) is 6.74. The Morgan fingerprint density at radius 2 is 1.89 bits per heavy atom. The van der Waals surface area contributed by atoms with E-state index in [9.17, 15) is 14.7 Å². The lowest BCUT2D eigenvalue weighted by atomic mass is 10.1. The maximum absolute atomic E-state index is 11.4. The largest absolute Gasteiger partial charge is 0.480 e. The minimum atomic E-state index is -0.885. The molecule has 0 saturated carbocycles. The summed E-state index contributed by atoms with van der Waals surface area (Å²) in [6.07, 6.45) is 1.80. The van der Waals surface area contributed by atoms with Gasteiger partial charge in [0.25, 0.3) is 0 Å². The van der Waals surface area contributed by atoms with Gasteiger partial charge in [0, 0.05) is 32.2 Å². The molecule has 0 spiro atoms. The maximum atomic E-state index is 11.4. The predicted molar refractivity (Wildman–Crippen MR) is 107 cm³/mol. The highest BCUT2D eigenvalue weighted by Crippen LogP contribution is 2.19. The molecule has 0 saturated heterocycles. The molecule has 0 bridgehead atoms. The highest BCUT2D eigenvalue weighted by atomic mass is 16.4. The van der Waals surface area contributed by atoms with Gasteiger partial charge in [-0.15, -0.1) is 0 Å². The number of aromatic nitrogens is 2. The summed E-state index contributed by atoms with van der Waals surface area (Å²) in [5.41, 5.74) is 3.97. The molecule has 1 heterocycles. The number of para-hydroxylation sites is 2. The van der Waals surface area contributed by atoms with Gasteiger partial charge in [-0.3, -0.25) is 19.1 Å². The molecule has 7 heteroatoms. The zero-order chi connectivity index (χ0) is 20.1. The standard InChI is InChI=1S/C21H24N4O3/c1-15(21(27)28)24(12-11-22-16(2)26)13-17-7-9-18(10-8-17)25-14-23-19-5-3-4-6-20(19)25/h3-10,14-15H,11-13H2,1-2H3,(H,22,26)(H,27,28). The van der Waals surface area contributed by atoms with Gasteiger partial charge in [0.15, 0.2) is 0 Å². The van der Waals surface area contributed by atoms with Crippen LogP contribution < -0.4 is 5.32 Å². The van der Waals surface area contributed by atoms with Gasteiger partial charge < -0.3 is 10.4 Å². The fraction of sp³-hybridized carbons (Fsp3) is 0.286. The molecular weight excluding hydrogens is 356 g/mol. The molecule has 0 fully saturated rings. The van der Waals surface area contributed by atoms with Crippen LogP contribution in [0.1, 0.15) is 19.4 Å². The average Bonchev–Trinajstić information content (AvgIpc) is 3.11. The number of hydrogen-bond donors (Lipinski definition) is 2. The van der Waals surface area contributed by atoms with Gasteiger partial charge in [0.05, 0.1) is 11.0 Å². The van der Waals surface area contributed by atoms with E-state index in [2.05, 4.69) is 10.3 Å². The number of carboxylic acid groups (broad SMARTS) is 1. The summed E-state index contributed by atoms with van der Waals surface area (Å²) in [4.78, 5) is 28.7. The van der Waals surface area contributed by atoms with Gasteiger partial charge in [-0.2, -0.15) is 0 Å². The third-order valence-electron chi connectivity index (χ3n) is 4.73. The van der Waals surface area contributed by atoms with E-state index in [1.165, 1.54) is 6.92 Å². The van der Waals surface area contributed by atoms with Gasteiger partial charge in [-0.1, -0.05) is 24.3 Å². The van der Waals surface area contributed by atoms with E-state index in [4.69, 9.17) is 0 Å². The number of carbonyl (C=O) groups is 2. The Balaban J connectivity index is 1.75. The summed E-state index contributed by atoms with van der Waals surface area (Å²) in [5, 5.41) is 12.1. The molecular formula is C21H24N4O3. The molecule has 0 aliphatic carbocycles. The van der Waals surface area contributed by atoms with E-state index >= 15 is 0 Å². The fourth-order valence-corrected chi connectivity index (χ4v) is 3.10. The van der Waals surface area contributed by atoms with Gasteiger partial charge in [-0.05, 0) is 36.8 Å². The van der Waals surface area contributed by atoms with Crippen LogP contribution in [-0.4, -0.2) is 50.6 Å². The molecule has 0 radical (unpaired) electrons. The van der Waals surface area contributed by atoms with Crippen LogP contribution in [0.5, 0.6) is 0 Å². The van der Waals surface area contributed by atoms with Crippen molar-refractivity contribution in [3.05, 3.63) is 60.4 Å². The fourth-order valence-electron chi connectivity index (χ4n) is 3.10. The molecule has 2 N–H and O–H groups in total.